The first-order valence-electron chi connectivity index (χ1n) is 8.12. The Morgan fingerprint density at radius 1 is 1.07 bits per heavy atom. The predicted molar refractivity (Wildman–Crippen MR) is 104 cm³/mol. The molecular formula is C19H16N4O3S. The van der Waals surface area contributed by atoms with Gasteiger partial charge in [0.15, 0.2) is 0 Å². The van der Waals surface area contributed by atoms with E-state index in [1.807, 2.05) is 35.7 Å². The Kier molecular flexibility index (Phi) is 4.47. The van der Waals surface area contributed by atoms with Crippen molar-refractivity contribution < 1.29 is 14.3 Å². The molecule has 0 atom stereocenters. The average Bonchev–Trinajstić information content (AvgIpc) is 3.28. The van der Waals surface area contributed by atoms with Crippen molar-refractivity contribution in [1.29, 1.82) is 0 Å². The van der Waals surface area contributed by atoms with Gasteiger partial charge in [-0.3, -0.25) is 10.1 Å². The fraction of sp³-hybridized carbons (Fsp3) is 0.105. The van der Waals surface area contributed by atoms with Crippen molar-refractivity contribution in [3.8, 4) is 22.8 Å². The number of para-hydroxylation sites is 1. The van der Waals surface area contributed by atoms with Crippen LogP contribution in [0.5, 0.6) is 11.5 Å². The maximum Gasteiger partial charge on any atom is 0.261 e. The van der Waals surface area contributed by atoms with Gasteiger partial charge in [0, 0.05) is 10.9 Å². The number of aromatic nitrogens is 3. The van der Waals surface area contributed by atoms with Gasteiger partial charge in [0.2, 0.25) is 4.96 Å². The lowest BCUT2D eigenvalue weighted by molar-refractivity contribution is 0.102. The van der Waals surface area contributed by atoms with Gasteiger partial charge in [-0.2, -0.15) is 4.98 Å². The lowest BCUT2D eigenvalue weighted by atomic mass is 10.2. The molecule has 2 heterocycles. The number of anilines is 1. The van der Waals surface area contributed by atoms with Gasteiger partial charge in [0.1, 0.15) is 11.5 Å². The predicted octanol–water partition coefficient (Wildman–Crippen LogP) is 3.73. The Hall–Kier alpha value is -3.39. The average molecular weight is 380 g/mol. The van der Waals surface area contributed by atoms with Gasteiger partial charge in [0.05, 0.1) is 25.5 Å². The maximum atomic E-state index is 12.5. The van der Waals surface area contributed by atoms with E-state index in [-0.39, 0.29) is 11.9 Å². The number of rotatable bonds is 5. The molecule has 7 nitrogen and oxygen atoms in total. The molecule has 0 radical (unpaired) electrons. The number of methoxy groups -OCH3 is 2. The van der Waals surface area contributed by atoms with Crippen molar-refractivity contribution in [3.05, 3.63) is 59.5 Å². The molecule has 0 aliphatic heterocycles. The molecule has 0 aliphatic rings. The summed E-state index contributed by atoms with van der Waals surface area (Å²) in [6, 6.07) is 14.7. The van der Waals surface area contributed by atoms with E-state index in [2.05, 4.69) is 15.4 Å². The number of fused-ring (bicyclic) bond motifs is 1. The highest BCUT2D eigenvalue weighted by Gasteiger charge is 2.16. The number of ether oxygens (including phenoxy) is 2. The fourth-order valence-electron chi connectivity index (χ4n) is 2.70. The van der Waals surface area contributed by atoms with Gasteiger partial charge >= 0.3 is 0 Å². The molecule has 0 unspecified atom stereocenters. The molecule has 4 rings (SSSR count). The van der Waals surface area contributed by atoms with E-state index in [0.29, 0.717) is 16.3 Å². The summed E-state index contributed by atoms with van der Waals surface area (Å²) in [4.78, 5) is 17.6. The minimum absolute atomic E-state index is 0.243. The minimum atomic E-state index is -0.322. The molecule has 2 aromatic heterocycles. The van der Waals surface area contributed by atoms with Crippen LogP contribution in [0.1, 0.15) is 10.4 Å². The Morgan fingerprint density at radius 3 is 2.59 bits per heavy atom. The number of carbonyl (C=O) groups excluding carboxylic acids is 1. The second-order valence-electron chi connectivity index (χ2n) is 5.63. The maximum absolute atomic E-state index is 12.5. The van der Waals surface area contributed by atoms with Crippen molar-refractivity contribution in [2.75, 3.05) is 19.5 Å². The van der Waals surface area contributed by atoms with Gasteiger partial charge in [-0.25, -0.2) is 4.52 Å². The third-order valence-corrected chi connectivity index (χ3v) is 4.86. The summed E-state index contributed by atoms with van der Waals surface area (Å²) in [7, 11) is 3.16. The summed E-state index contributed by atoms with van der Waals surface area (Å²) in [6.07, 6.45) is 0. The van der Waals surface area contributed by atoms with Crippen LogP contribution in [0.25, 0.3) is 16.2 Å². The van der Waals surface area contributed by atoms with E-state index >= 15 is 0 Å². The number of hydrogen-bond acceptors (Lipinski definition) is 6. The zero-order chi connectivity index (χ0) is 18.8. The molecule has 136 valence electrons. The molecule has 0 spiro atoms. The van der Waals surface area contributed by atoms with Gasteiger partial charge in [-0.1, -0.05) is 12.1 Å². The van der Waals surface area contributed by atoms with E-state index in [4.69, 9.17) is 9.47 Å². The van der Waals surface area contributed by atoms with Crippen LogP contribution in [0.2, 0.25) is 0 Å². The molecule has 4 aromatic rings. The molecule has 0 aliphatic carbocycles. The summed E-state index contributed by atoms with van der Waals surface area (Å²) < 4.78 is 12.1. The first-order chi connectivity index (χ1) is 13.2. The van der Waals surface area contributed by atoms with Crippen molar-refractivity contribution in [2.24, 2.45) is 0 Å². The summed E-state index contributed by atoms with van der Waals surface area (Å²) in [5, 5.41) is 9.13. The van der Waals surface area contributed by atoms with E-state index in [9.17, 15) is 4.79 Å². The highest BCUT2D eigenvalue weighted by atomic mass is 32.1. The van der Waals surface area contributed by atoms with Crippen LogP contribution in [0.3, 0.4) is 0 Å². The van der Waals surface area contributed by atoms with Gasteiger partial charge in [0.25, 0.3) is 11.9 Å². The third-order valence-electron chi connectivity index (χ3n) is 4.04. The van der Waals surface area contributed by atoms with Crippen LogP contribution < -0.4 is 14.8 Å². The van der Waals surface area contributed by atoms with E-state index in [0.717, 1.165) is 17.0 Å². The van der Waals surface area contributed by atoms with Crippen molar-refractivity contribution >= 4 is 28.2 Å². The molecular weight excluding hydrogens is 364 g/mol. The number of carbonyl (C=O) groups is 1. The lowest BCUT2D eigenvalue weighted by Gasteiger charge is -2.06. The molecule has 1 N–H and O–H groups in total. The summed E-state index contributed by atoms with van der Waals surface area (Å²) >= 11 is 1.45. The molecule has 0 saturated carbocycles. The van der Waals surface area contributed by atoms with Crippen molar-refractivity contribution in [2.45, 2.75) is 0 Å². The fourth-order valence-corrected chi connectivity index (χ4v) is 3.53. The van der Waals surface area contributed by atoms with Crippen LogP contribution in [0.4, 0.5) is 5.95 Å². The first kappa shape index (κ1) is 17.0. The monoisotopic (exact) mass is 380 g/mol. The molecule has 0 bridgehead atoms. The summed E-state index contributed by atoms with van der Waals surface area (Å²) in [6.45, 7) is 0. The number of thiazole rings is 1. The molecule has 8 heteroatoms. The highest BCUT2D eigenvalue weighted by Crippen LogP contribution is 2.27. The second-order valence-corrected chi connectivity index (χ2v) is 6.47. The van der Waals surface area contributed by atoms with E-state index in [1.54, 1.807) is 29.8 Å². The van der Waals surface area contributed by atoms with E-state index in [1.165, 1.54) is 18.4 Å². The number of hydrogen-bond donors (Lipinski definition) is 1. The summed E-state index contributed by atoms with van der Waals surface area (Å²) in [5.41, 5.74) is 2.30. The van der Waals surface area contributed by atoms with Crippen LogP contribution in [0.15, 0.2) is 53.9 Å². The van der Waals surface area contributed by atoms with Crippen LogP contribution in [0, 0.1) is 0 Å². The minimum Gasteiger partial charge on any atom is -0.497 e. The molecule has 1 amide bonds. The smallest absolute Gasteiger partial charge is 0.261 e. The van der Waals surface area contributed by atoms with E-state index < -0.39 is 0 Å². The van der Waals surface area contributed by atoms with Gasteiger partial charge in [-0.15, -0.1) is 16.4 Å². The molecule has 2 aromatic carbocycles. The normalized spacial score (nSPS) is 10.7. The summed E-state index contributed by atoms with van der Waals surface area (Å²) in [5.74, 6) is 1.20. The quantitative estimate of drug-likeness (QED) is 0.571. The third kappa shape index (κ3) is 3.22. The highest BCUT2D eigenvalue weighted by molar-refractivity contribution is 7.15. The van der Waals surface area contributed by atoms with Crippen molar-refractivity contribution in [3.63, 3.8) is 0 Å². The Morgan fingerprint density at radius 2 is 1.85 bits per heavy atom. The first-order valence-corrected chi connectivity index (χ1v) is 9.00. The van der Waals surface area contributed by atoms with Crippen LogP contribution in [-0.2, 0) is 0 Å². The lowest BCUT2D eigenvalue weighted by Crippen LogP contribution is -2.14. The number of nitrogens with one attached hydrogen (secondary N) is 1. The van der Waals surface area contributed by atoms with Crippen LogP contribution in [-0.4, -0.2) is 34.7 Å². The Bertz CT molecular complexity index is 1100. The Balaban J connectivity index is 1.62. The van der Waals surface area contributed by atoms with Crippen molar-refractivity contribution in [1.82, 2.24) is 14.6 Å². The topological polar surface area (TPSA) is 77.8 Å². The second kappa shape index (κ2) is 7.08. The number of amides is 1. The zero-order valence-corrected chi connectivity index (χ0v) is 15.5. The standard InChI is InChI=1S/C19H16N4O3S/c1-25-13-9-7-12(8-10-13)15-11-27-19-21-18(22-23(15)19)20-17(24)14-5-3-4-6-16(14)26-2/h3-11H,1-2H3,(H,20,22,24). The number of benzene rings is 2. The molecule has 27 heavy (non-hydrogen) atoms. The Labute approximate surface area is 159 Å². The largest absolute Gasteiger partial charge is 0.497 e. The van der Waals surface area contributed by atoms with Gasteiger partial charge < -0.3 is 9.47 Å². The molecule has 0 fully saturated rings. The SMILES string of the molecule is COc1ccc(-c2csc3nc(NC(=O)c4ccccc4OC)nn23)cc1. The molecule has 0 saturated heterocycles. The number of nitrogens with zero attached hydrogens (tertiary/aromatic N) is 3. The zero-order valence-electron chi connectivity index (χ0n) is 14.7. The van der Waals surface area contributed by atoms with Crippen LogP contribution >= 0.6 is 11.3 Å². The van der Waals surface area contributed by atoms with Gasteiger partial charge in [-0.05, 0) is 36.4 Å².